The van der Waals surface area contributed by atoms with E-state index in [1.807, 2.05) is 24.1 Å². The second kappa shape index (κ2) is 5.36. The summed E-state index contributed by atoms with van der Waals surface area (Å²) >= 11 is 0. The molecule has 2 rings (SSSR count). The number of aromatic carboxylic acids is 1. The Morgan fingerprint density at radius 3 is 2.74 bits per heavy atom. The van der Waals surface area contributed by atoms with Crippen LogP contribution in [0.4, 0.5) is 5.82 Å². The van der Waals surface area contributed by atoms with Gasteiger partial charge in [-0.05, 0) is 0 Å². The minimum absolute atomic E-state index is 0.188. The summed E-state index contributed by atoms with van der Waals surface area (Å²) in [6.45, 7) is 0.555. The lowest BCUT2D eigenvalue weighted by Crippen LogP contribution is -2.20. The van der Waals surface area contributed by atoms with Crippen molar-refractivity contribution in [2.75, 3.05) is 18.5 Å². The Kier molecular flexibility index (Phi) is 3.62. The summed E-state index contributed by atoms with van der Waals surface area (Å²) in [6, 6.07) is 9.33. The number of nitriles is 1. The van der Waals surface area contributed by atoms with E-state index in [-0.39, 0.29) is 5.56 Å². The molecule has 0 aliphatic carbocycles. The maximum absolute atomic E-state index is 11.2. The Balaban J connectivity index is 2.56. The van der Waals surface area contributed by atoms with E-state index in [1.54, 1.807) is 12.1 Å². The Morgan fingerprint density at radius 2 is 2.11 bits per heavy atom. The highest BCUT2D eigenvalue weighted by Gasteiger charge is 2.14. The van der Waals surface area contributed by atoms with Gasteiger partial charge in [-0.3, -0.25) is 0 Å². The van der Waals surface area contributed by atoms with Crippen molar-refractivity contribution in [1.82, 2.24) is 4.98 Å². The maximum Gasteiger partial charge on any atom is 0.337 e. The predicted octanol–water partition coefficient (Wildman–Crippen LogP) is 2.28. The standard InChI is InChI=1S/C14H13N3O2/c1-17(8-4-7-15)13-11-6-3-2-5-10(11)12(9-16-13)14(18)19/h2-3,5-6,9H,4,8H2,1H3,(H,18,19). The fourth-order valence-corrected chi connectivity index (χ4v) is 1.98. The summed E-state index contributed by atoms with van der Waals surface area (Å²) < 4.78 is 0. The highest BCUT2D eigenvalue weighted by Crippen LogP contribution is 2.26. The van der Waals surface area contributed by atoms with E-state index in [0.29, 0.717) is 24.2 Å². The highest BCUT2D eigenvalue weighted by atomic mass is 16.4. The molecule has 1 aromatic carbocycles. The Morgan fingerprint density at radius 1 is 1.42 bits per heavy atom. The Hall–Kier alpha value is -2.61. The van der Waals surface area contributed by atoms with Crippen molar-refractivity contribution >= 4 is 22.6 Å². The molecule has 0 amide bonds. The van der Waals surface area contributed by atoms with Crippen LogP contribution in [0.2, 0.25) is 0 Å². The molecule has 0 unspecified atom stereocenters. The van der Waals surface area contributed by atoms with Crippen LogP contribution in [0.3, 0.4) is 0 Å². The molecule has 0 radical (unpaired) electrons. The summed E-state index contributed by atoms with van der Waals surface area (Å²) in [5.41, 5.74) is 0.188. The lowest BCUT2D eigenvalue weighted by Gasteiger charge is -2.19. The van der Waals surface area contributed by atoms with Crippen LogP contribution in [0, 0.1) is 11.3 Å². The van der Waals surface area contributed by atoms with Crippen molar-refractivity contribution in [2.24, 2.45) is 0 Å². The number of carboxylic acid groups (broad SMARTS) is 1. The third-order valence-electron chi connectivity index (χ3n) is 2.93. The average molecular weight is 255 g/mol. The van der Waals surface area contributed by atoms with Crippen molar-refractivity contribution in [3.63, 3.8) is 0 Å². The number of carbonyl (C=O) groups is 1. The van der Waals surface area contributed by atoms with Gasteiger partial charge in [0.25, 0.3) is 0 Å². The van der Waals surface area contributed by atoms with Crippen molar-refractivity contribution < 1.29 is 9.90 Å². The molecule has 2 aromatic rings. The number of pyridine rings is 1. The van der Waals surface area contributed by atoms with Gasteiger partial charge in [0, 0.05) is 30.6 Å². The molecule has 5 nitrogen and oxygen atoms in total. The minimum Gasteiger partial charge on any atom is -0.478 e. The monoisotopic (exact) mass is 255 g/mol. The van der Waals surface area contributed by atoms with Crippen molar-refractivity contribution in [3.8, 4) is 6.07 Å². The summed E-state index contributed by atoms with van der Waals surface area (Å²) in [7, 11) is 1.84. The number of carboxylic acids is 1. The molecular formula is C14H13N3O2. The van der Waals surface area contributed by atoms with Crippen LogP contribution in [0.5, 0.6) is 0 Å². The SMILES string of the molecule is CN(CCC#N)c1ncc(C(=O)O)c2ccccc12. The van der Waals surface area contributed by atoms with Crippen molar-refractivity contribution in [3.05, 3.63) is 36.0 Å². The zero-order valence-electron chi connectivity index (χ0n) is 10.5. The summed E-state index contributed by atoms with van der Waals surface area (Å²) in [5.74, 6) is -0.300. The third-order valence-corrected chi connectivity index (χ3v) is 2.93. The van der Waals surface area contributed by atoms with Crippen molar-refractivity contribution in [1.29, 1.82) is 5.26 Å². The number of nitrogens with zero attached hydrogens (tertiary/aromatic N) is 3. The molecule has 0 bridgehead atoms. The zero-order chi connectivity index (χ0) is 13.8. The van der Waals surface area contributed by atoms with E-state index in [9.17, 15) is 4.79 Å². The van der Waals surface area contributed by atoms with E-state index in [4.69, 9.17) is 10.4 Å². The Labute approximate surface area is 110 Å². The molecule has 0 saturated carbocycles. The topological polar surface area (TPSA) is 77.2 Å². The van der Waals surface area contributed by atoms with Crippen LogP contribution in [0.25, 0.3) is 10.8 Å². The van der Waals surface area contributed by atoms with E-state index in [0.717, 1.165) is 5.39 Å². The molecule has 19 heavy (non-hydrogen) atoms. The van der Waals surface area contributed by atoms with Crippen LogP contribution < -0.4 is 4.90 Å². The first-order valence-corrected chi connectivity index (χ1v) is 5.84. The first kappa shape index (κ1) is 12.8. The first-order valence-electron chi connectivity index (χ1n) is 5.84. The van der Waals surface area contributed by atoms with Gasteiger partial charge in [0.15, 0.2) is 0 Å². The molecule has 0 fully saturated rings. The molecule has 0 aliphatic rings. The number of hydrogen-bond acceptors (Lipinski definition) is 4. The van der Waals surface area contributed by atoms with Crippen LogP contribution in [-0.4, -0.2) is 29.7 Å². The molecule has 96 valence electrons. The van der Waals surface area contributed by atoms with Crippen molar-refractivity contribution in [2.45, 2.75) is 6.42 Å². The molecule has 0 aliphatic heterocycles. The van der Waals surface area contributed by atoms with Gasteiger partial charge in [0.1, 0.15) is 5.82 Å². The summed E-state index contributed by atoms with van der Waals surface area (Å²) in [4.78, 5) is 17.2. The fourth-order valence-electron chi connectivity index (χ4n) is 1.98. The maximum atomic E-state index is 11.2. The van der Waals surface area contributed by atoms with Gasteiger partial charge < -0.3 is 10.0 Å². The van der Waals surface area contributed by atoms with Gasteiger partial charge in [-0.2, -0.15) is 5.26 Å². The quantitative estimate of drug-likeness (QED) is 0.906. The van der Waals surface area contributed by atoms with E-state index < -0.39 is 5.97 Å². The van der Waals surface area contributed by atoms with Crippen LogP contribution in [0.15, 0.2) is 30.5 Å². The van der Waals surface area contributed by atoms with Crippen LogP contribution in [0.1, 0.15) is 16.8 Å². The third kappa shape index (κ3) is 2.47. The second-order valence-corrected chi connectivity index (χ2v) is 4.18. The van der Waals surface area contributed by atoms with Gasteiger partial charge in [-0.25, -0.2) is 9.78 Å². The van der Waals surface area contributed by atoms with E-state index >= 15 is 0 Å². The predicted molar refractivity (Wildman–Crippen MR) is 72.2 cm³/mol. The van der Waals surface area contributed by atoms with E-state index in [2.05, 4.69) is 11.1 Å². The average Bonchev–Trinajstić information content (AvgIpc) is 2.43. The van der Waals surface area contributed by atoms with Crippen LogP contribution >= 0.6 is 0 Å². The zero-order valence-corrected chi connectivity index (χ0v) is 10.5. The van der Waals surface area contributed by atoms with Crippen LogP contribution in [-0.2, 0) is 0 Å². The molecule has 1 aromatic heterocycles. The fraction of sp³-hybridized carbons (Fsp3) is 0.214. The number of hydrogen-bond donors (Lipinski definition) is 1. The smallest absolute Gasteiger partial charge is 0.337 e. The van der Waals surface area contributed by atoms with Gasteiger partial charge in [-0.1, -0.05) is 24.3 Å². The number of rotatable bonds is 4. The lowest BCUT2D eigenvalue weighted by molar-refractivity contribution is 0.0698. The van der Waals surface area contributed by atoms with Gasteiger partial charge in [-0.15, -0.1) is 0 Å². The number of benzene rings is 1. The second-order valence-electron chi connectivity index (χ2n) is 4.18. The first-order chi connectivity index (χ1) is 9.15. The molecule has 1 heterocycles. The Bertz CT molecular complexity index is 661. The van der Waals surface area contributed by atoms with E-state index in [1.165, 1.54) is 6.20 Å². The molecule has 0 spiro atoms. The molecule has 0 atom stereocenters. The van der Waals surface area contributed by atoms with Gasteiger partial charge >= 0.3 is 5.97 Å². The number of anilines is 1. The largest absolute Gasteiger partial charge is 0.478 e. The summed E-state index contributed by atoms with van der Waals surface area (Å²) in [6.07, 6.45) is 1.76. The lowest BCUT2D eigenvalue weighted by atomic mass is 10.1. The highest BCUT2D eigenvalue weighted by molar-refractivity contribution is 6.06. The molecule has 1 N–H and O–H groups in total. The van der Waals surface area contributed by atoms with Gasteiger partial charge in [0.05, 0.1) is 18.1 Å². The minimum atomic E-state index is -0.991. The molecule has 0 saturated heterocycles. The normalized spacial score (nSPS) is 10.1. The molecule has 5 heteroatoms. The molecular weight excluding hydrogens is 242 g/mol. The number of fused-ring (bicyclic) bond motifs is 1. The number of aromatic nitrogens is 1. The summed E-state index contributed by atoms with van der Waals surface area (Å²) in [5, 5.41) is 19.2. The van der Waals surface area contributed by atoms with Gasteiger partial charge in [0.2, 0.25) is 0 Å².